The van der Waals surface area contributed by atoms with Gasteiger partial charge >= 0.3 is 0 Å². The summed E-state index contributed by atoms with van der Waals surface area (Å²) in [5, 5.41) is 15.0. The smallest absolute Gasteiger partial charge is 0.161 e. The number of amidine groups is 1. The lowest BCUT2D eigenvalue weighted by atomic mass is 10.2. The van der Waals surface area contributed by atoms with Gasteiger partial charge in [-0.15, -0.1) is 11.8 Å². The molecule has 0 bridgehead atoms. The molecule has 5 heteroatoms. The fourth-order valence-corrected chi connectivity index (χ4v) is 1.97. The third-order valence-corrected chi connectivity index (χ3v) is 3.11. The third kappa shape index (κ3) is 3.06. The van der Waals surface area contributed by atoms with E-state index in [2.05, 4.69) is 10.5 Å². The highest BCUT2D eigenvalue weighted by Crippen LogP contribution is 2.25. The molecule has 1 atom stereocenters. The monoisotopic (exact) mass is 239 g/mol. The maximum atomic E-state index is 8.66. The highest BCUT2D eigenvalue weighted by molar-refractivity contribution is 7.98. The fourth-order valence-electron chi connectivity index (χ4n) is 1.41. The number of anilines is 1. The molecule has 0 aliphatic heterocycles. The number of nitrogens with one attached hydrogen (secondary N) is 1. The van der Waals surface area contributed by atoms with Crippen LogP contribution in [0.1, 0.15) is 13.3 Å². The minimum Gasteiger partial charge on any atom is -0.409 e. The molecule has 0 fully saturated rings. The Hall–Kier alpha value is -1.36. The Morgan fingerprint density at radius 1 is 1.56 bits per heavy atom. The molecule has 4 nitrogen and oxygen atoms in total. The Labute approximate surface area is 99.9 Å². The highest BCUT2D eigenvalue weighted by Gasteiger charge is 2.12. The van der Waals surface area contributed by atoms with Crippen LogP contribution in [0.4, 0.5) is 5.69 Å². The largest absolute Gasteiger partial charge is 0.409 e. The van der Waals surface area contributed by atoms with E-state index in [4.69, 9.17) is 10.9 Å². The van der Waals surface area contributed by atoms with Crippen molar-refractivity contribution in [2.45, 2.75) is 24.3 Å². The molecule has 0 spiro atoms. The summed E-state index contributed by atoms with van der Waals surface area (Å²) in [5.41, 5.74) is 6.61. The minimum atomic E-state index is -0.140. The number of hydrogen-bond acceptors (Lipinski definition) is 4. The predicted octanol–water partition coefficient (Wildman–Crippen LogP) is 2.35. The van der Waals surface area contributed by atoms with Gasteiger partial charge in [0.2, 0.25) is 0 Å². The van der Waals surface area contributed by atoms with Crippen LogP contribution < -0.4 is 11.1 Å². The maximum Gasteiger partial charge on any atom is 0.161 e. The Balaban J connectivity index is 2.85. The molecular weight excluding hydrogens is 222 g/mol. The quantitative estimate of drug-likeness (QED) is 0.242. The lowest BCUT2D eigenvalue weighted by molar-refractivity contribution is 0.316. The van der Waals surface area contributed by atoms with Gasteiger partial charge in [-0.25, -0.2) is 0 Å². The van der Waals surface area contributed by atoms with Gasteiger partial charge in [0.1, 0.15) is 0 Å². The fraction of sp³-hybridized carbons (Fsp3) is 0.364. The van der Waals surface area contributed by atoms with E-state index in [0.717, 1.165) is 17.0 Å². The first-order chi connectivity index (χ1) is 7.72. The number of para-hydroxylation sites is 1. The topological polar surface area (TPSA) is 70.6 Å². The van der Waals surface area contributed by atoms with Crippen molar-refractivity contribution in [1.82, 2.24) is 0 Å². The number of thioether (sulfide) groups is 1. The van der Waals surface area contributed by atoms with Crippen LogP contribution in [0.2, 0.25) is 0 Å². The summed E-state index contributed by atoms with van der Waals surface area (Å²) in [6.45, 7) is 1.98. The molecule has 0 amide bonds. The van der Waals surface area contributed by atoms with Crippen LogP contribution in [0, 0.1) is 0 Å². The van der Waals surface area contributed by atoms with E-state index in [1.807, 2.05) is 37.4 Å². The standard InChI is InChI=1S/C11H17N3OS/c1-3-8(11(12)14-15)13-9-6-4-5-7-10(9)16-2/h4-8,13,15H,3H2,1-2H3,(H2,12,14). The molecule has 1 aromatic carbocycles. The Kier molecular flexibility index (Phi) is 4.98. The van der Waals surface area contributed by atoms with E-state index in [-0.39, 0.29) is 11.9 Å². The number of nitrogens with zero attached hydrogens (tertiary/aromatic N) is 1. The van der Waals surface area contributed by atoms with Crippen LogP contribution >= 0.6 is 11.8 Å². The molecule has 0 radical (unpaired) electrons. The Bertz CT molecular complexity index is 368. The molecule has 1 rings (SSSR count). The summed E-state index contributed by atoms with van der Waals surface area (Å²) in [5.74, 6) is 0.207. The molecule has 0 heterocycles. The average Bonchev–Trinajstić information content (AvgIpc) is 2.35. The summed E-state index contributed by atoms with van der Waals surface area (Å²) in [6.07, 6.45) is 2.78. The van der Waals surface area contributed by atoms with Gasteiger partial charge in [0.25, 0.3) is 0 Å². The maximum absolute atomic E-state index is 8.66. The normalized spacial score (nSPS) is 13.5. The molecular formula is C11H17N3OS. The third-order valence-electron chi connectivity index (χ3n) is 2.32. The SMILES string of the molecule is CCC(Nc1ccccc1SC)/C(N)=N/O. The van der Waals surface area contributed by atoms with Crippen LogP contribution in [0.5, 0.6) is 0 Å². The first-order valence-corrected chi connectivity index (χ1v) is 6.32. The molecule has 0 aromatic heterocycles. The van der Waals surface area contributed by atoms with Gasteiger partial charge in [-0.2, -0.15) is 0 Å². The first kappa shape index (κ1) is 12.7. The molecule has 88 valence electrons. The zero-order valence-corrected chi connectivity index (χ0v) is 10.3. The molecule has 4 N–H and O–H groups in total. The Morgan fingerprint density at radius 3 is 2.81 bits per heavy atom. The van der Waals surface area contributed by atoms with Crippen molar-refractivity contribution in [3.8, 4) is 0 Å². The van der Waals surface area contributed by atoms with E-state index >= 15 is 0 Å². The minimum absolute atomic E-state index is 0.140. The van der Waals surface area contributed by atoms with Gasteiger partial charge in [0, 0.05) is 10.6 Å². The lowest BCUT2D eigenvalue weighted by Gasteiger charge is -2.18. The number of benzene rings is 1. The van der Waals surface area contributed by atoms with Crippen molar-refractivity contribution >= 4 is 23.3 Å². The second kappa shape index (κ2) is 6.27. The van der Waals surface area contributed by atoms with Gasteiger partial charge in [0.05, 0.1) is 6.04 Å². The van der Waals surface area contributed by atoms with Crippen molar-refractivity contribution in [3.63, 3.8) is 0 Å². The molecule has 16 heavy (non-hydrogen) atoms. The molecule has 0 aliphatic carbocycles. The summed E-state index contributed by atoms with van der Waals surface area (Å²) in [6, 6.07) is 7.83. The number of hydrogen-bond donors (Lipinski definition) is 3. The van der Waals surface area contributed by atoms with E-state index in [1.54, 1.807) is 11.8 Å². The molecule has 0 saturated carbocycles. The van der Waals surface area contributed by atoms with Crippen LogP contribution in [0.25, 0.3) is 0 Å². The molecule has 0 saturated heterocycles. The van der Waals surface area contributed by atoms with Crippen molar-refractivity contribution < 1.29 is 5.21 Å². The van der Waals surface area contributed by atoms with Crippen molar-refractivity contribution in [2.24, 2.45) is 10.9 Å². The van der Waals surface area contributed by atoms with Crippen molar-refractivity contribution in [1.29, 1.82) is 0 Å². The van der Waals surface area contributed by atoms with Gasteiger partial charge in [-0.3, -0.25) is 0 Å². The average molecular weight is 239 g/mol. The van der Waals surface area contributed by atoms with Crippen LogP contribution in [0.15, 0.2) is 34.3 Å². The summed E-state index contributed by atoms with van der Waals surface area (Å²) in [7, 11) is 0. The number of nitrogens with two attached hydrogens (primary N) is 1. The van der Waals surface area contributed by atoms with Crippen LogP contribution in [-0.2, 0) is 0 Å². The van der Waals surface area contributed by atoms with E-state index in [9.17, 15) is 0 Å². The van der Waals surface area contributed by atoms with E-state index in [1.165, 1.54) is 0 Å². The van der Waals surface area contributed by atoms with E-state index < -0.39 is 0 Å². The van der Waals surface area contributed by atoms with Crippen LogP contribution in [-0.4, -0.2) is 23.3 Å². The highest BCUT2D eigenvalue weighted by atomic mass is 32.2. The molecule has 1 unspecified atom stereocenters. The molecule has 0 aliphatic rings. The van der Waals surface area contributed by atoms with Crippen molar-refractivity contribution in [2.75, 3.05) is 11.6 Å². The van der Waals surface area contributed by atoms with E-state index in [0.29, 0.717) is 0 Å². The van der Waals surface area contributed by atoms with Gasteiger partial charge in [0.15, 0.2) is 5.84 Å². The second-order valence-corrected chi connectivity index (χ2v) is 4.18. The first-order valence-electron chi connectivity index (χ1n) is 5.09. The lowest BCUT2D eigenvalue weighted by Crippen LogP contribution is -2.35. The number of rotatable bonds is 5. The zero-order chi connectivity index (χ0) is 12.0. The molecule has 1 aromatic rings. The second-order valence-electron chi connectivity index (χ2n) is 3.33. The summed E-state index contributed by atoms with van der Waals surface area (Å²) < 4.78 is 0. The van der Waals surface area contributed by atoms with Gasteiger partial charge in [-0.1, -0.05) is 24.2 Å². The Morgan fingerprint density at radius 2 is 2.25 bits per heavy atom. The zero-order valence-electron chi connectivity index (χ0n) is 9.47. The van der Waals surface area contributed by atoms with Crippen LogP contribution in [0.3, 0.4) is 0 Å². The van der Waals surface area contributed by atoms with Gasteiger partial charge in [-0.05, 0) is 24.8 Å². The number of oxime groups is 1. The predicted molar refractivity (Wildman–Crippen MR) is 69.3 cm³/mol. The summed E-state index contributed by atoms with van der Waals surface area (Å²) in [4.78, 5) is 1.15. The summed E-state index contributed by atoms with van der Waals surface area (Å²) >= 11 is 1.66. The van der Waals surface area contributed by atoms with Crippen molar-refractivity contribution in [3.05, 3.63) is 24.3 Å². The van der Waals surface area contributed by atoms with Gasteiger partial charge < -0.3 is 16.3 Å².